The molecule has 1 aliphatic carbocycles. The molecule has 1 N–H and O–H groups in total. The predicted octanol–water partition coefficient (Wildman–Crippen LogP) is 4.55. The summed E-state index contributed by atoms with van der Waals surface area (Å²) in [5.41, 5.74) is 2.47. The van der Waals surface area contributed by atoms with Crippen LogP contribution in [0.3, 0.4) is 0 Å². The van der Waals surface area contributed by atoms with Crippen molar-refractivity contribution >= 4 is 17.3 Å². The second-order valence-electron chi connectivity index (χ2n) is 6.06. The van der Waals surface area contributed by atoms with Crippen LogP contribution in [0.15, 0.2) is 18.2 Å². The van der Waals surface area contributed by atoms with E-state index in [1.54, 1.807) is 0 Å². The SMILES string of the molecule is Cc1ccc(Cl)c(NC2CCOC3(CCCC3)C2)c1. The average Bonchev–Trinajstić information content (AvgIpc) is 2.82. The molecule has 1 aliphatic heterocycles. The number of halogens is 1. The molecule has 0 radical (unpaired) electrons. The van der Waals surface area contributed by atoms with Crippen LogP contribution < -0.4 is 5.32 Å². The monoisotopic (exact) mass is 279 g/mol. The molecule has 3 heteroatoms. The van der Waals surface area contributed by atoms with E-state index in [0.29, 0.717) is 6.04 Å². The van der Waals surface area contributed by atoms with Crippen LogP contribution in [0.5, 0.6) is 0 Å². The first kappa shape index (κ1) is 13.3. The molecule has 19 heavy (non-hydrogen) atoms. The van der Waals surface area contributed by atoms with Gasteiger partial charge in [-0.05, 0) is 50.3 Å². The highest BCUT2D eigenvalue weighted by atomic mass is 35.5. The van der Waals surface area contributed by atoms with Crippen LogP contribution in [-0.2, 0) is 4.74 Å². The predicted molar refractivity (Wildman–Crippen MR) is 80.0 cm³/mol. The van der Waals surface area contributed by atoms with E-state index in [1.807, 2.05) is 6.07 Å². The molecular weight excluding hydrogens is 258 g/mol. The number of rotatable bonds is 2. The van der Waals surface area contributed by atoms with Crippen LogP contribution in [0, 0.1) is 6.92 Å². The van der Waals surface area contributed by atoms with Crippen molar-refractivity contribution in [2.24, 2.45) is 0 Å². The lowest BCUT2D eigenvalue weighted by Crippen LogP contribution is -2.42. The number of hydrogen-bond donors (Lipinski definition) is 1. The van der Waals surface area contributed by atoms with Crippen molar-refractivity contribution in [1.29, 1.82) is 0 Å². The zero-order valence-electron chi connectivity index (χ0n) is 11.5. The molecule has 1 spiro atoms. The topological polar surface area (TPSA) is 21.3 Å². The summed E-state index contributed by atoms with van der Waals surface area (Å²) in [5, 5.41) is 4.45. The summed E-state index contributed by atoms with van der Waals surface area (Å²) in [4.78, 5) is 0. The fourth-order valence-electron chi connectivity index (χ4n) is 3.49. The summed E-state index contributed by atoms with van der Waals surface area (Å²) >= 11 is 6.27. The Kier molecular flexibility index (Phi) is 3.72. The lowest BCUT2D eigenvalue weighted by Gasteiger charge is -2.39. The fraction of sp³-hybridized carbons (Fsp3) is 0.625. The van der Waals surface area contributed by atoms with Gasteiger partial charge in [0.2, 0.25) is 0 Å². The maximum Gasteiger partial charge on any atom is 0.0702 e. The maximum absolute atomic E-state index is 6.27. The molecule has 1 saturated carbocycles. The first-order valence-corrected chi connectivity index (χ1v) is 7.71. The number of nitrogens with one attached hydrogen (secondary N) is 1. The van der Waals surface area contributed by atoms with Crippen LogP contribution in [0.4, 0.5) is 5.69 Å². The van der Waals surface area contributed by atoms with E-state index in [4.69, 9.17) is 16.3 Å². The summed E-state index contributed by atoms with van der Waals surface area (Å²) in [5.74, 6) is 0. The van der Waals surface area contributed by atoms with E-state index in [0.717, 1.165) is 30.2 Å². The zero-order chi connectivity index (χ0) is 13.3. The van der Waals surface area contributed by atoms with Gasteiger partial charge in [0.1, 0.15) is 0 Å². The lowest BCUT2D eigenvalue weighted by atomic mass is 9.89. The highest BCUT2D eigenvalue weighted by Crippen LogP contribution is 2.41. The second-order valence-corrected chi connectivity index (χ2v) is 6.46. The average molecular weight is 280 g/mol. The highest BCUT2D eigenvalue weighted by Gasteiger charge is 2.39. The van der Waals surface area contributed by atoms with Crippen molar-refractivity contribution < 1.29 is 4.74 Å². The molecule has 1 unspecified atom stereocenters. The Balaban J connectivity index is 1.70. The Bertz CT molecular complexity index is 454. The third-order valence-electron chi connectivity index (χ3n) is 4.49. The molecular formula is C16H22ClNO. The van der Waals surface area contributed by atoms with Crippen molar-refractivity contribution in [2.75, 3.05) is 11.9 Å². The molecule has 1 saturated heterocycles. The molecule has 104 valence electrons. The minimum Gasteiger partial charge on any atom is -0.381 e. The van der Waals surface area contributed by atoms with Crippen LogP contribution in [-0.4, -0.2) is 18.2 Å². The van der Waals surface area contributed by atoms with Gasteiger partial charge in [-0.25, -0.2) is 0 Å². The Morgan fingerprint density at radius 2 is 2.11 bits per heavy atom. The minimum atomic E-state index is 0.159. The van der Waals surface area contributed by atoms with Gasteiger partial charge >= 0.3 is 0 Å². The third-order valence-corrected chi connectivity index (χ3v) is 4.82. The highest BCUT2D eigenvalue weighted by molar-refractivity contribution is 6.33. The quantitative estimate of drug-likeness (QED) is 0.857. The maximum atomic E-state index is 6.27. The van der Waals surface area contributed by atoms with E-state index in [1.165, 1.54) is 31.2 Å². The molecule has 1 aromatic rings. The summed E-state index contributed by atoms with van der Waals surface area (Å²) in [6.07, 6.45) is 7.29. The normalized spacial score (nSPS) is 25.7. The Labute approximate surface area is 120 Å². The van der Waals surface area contributed by atoms with Crippen LogP contribution in [0.25, 0.3) is 0 Å². The Hall–Kier alpha value is -0.730. The summed E-state index contributed by atoms with van der Waals surface area (Å²) in [6, 6.07) is 6.66. The van der Waals surface area contributed by atoms with E-state index < -0.39 is 0 Å². The van der Waals surface area contributed by atoms with Gasteiger partial charge in [-0.15, -0.1) is 0 Å². The van der Waals surface area contributed by atoms with Crippen molar-refractivity contribution in [3.05, 3.63) is 28.8 Å². The van der Waals surface area contributed by atoms with Crippen LogP contribution in [0.2, 0.25) is 5.02 Å². The number of benzene rings is 1. The van der Waals surface area contributed by atoms with Gasteiger partial charge in [0.15, 0.2) is 0 Å². The van der Waals surface area contributed by atoms with Crippen molar-refractivity contribution in [3.63, 3.8) is 0 Å². The van der Waals surface area contributed by atoms with E-state index in [-0.39, 0.29) is 5.60 Å². The second kappa shape index (κ2) is 5.34. The van der Waals surface area contributed by atoms with Gasteiger partial charge < -0.3 is 10.1 Å². The molecule has 1 atom stereocenters. The molecule has 0 aromatic heterocycles. The van der Waals surface area contributed by atoms with Gasteiger partial charge in [-0.3, -0.25) is 0 Å². The van der Waals surface area contributed by atoms with E-state index >= 15 is 0 Å². The van der Waals surface area contributed by atoms with Gasteiger partial charge in [0.05, 0.1) is 16.3 Å². The van der Waals surface area contributed by atoms with Gasteiger partial charge in [0, 0.05) is 12.6 Å². The molecule has 1 aromatic carbocycles. The van der Waals surface area contributed by atoms with Crippen molar-refractivity contribution in [2.45, 2.75) is 57.1 Å². The van der Waals surface area contributed by atoms with E-state index in [9.17, 15) is 0 Å². The molecule has 2 aliphatic rings. The molecule has 0 amide bonds. The van der Waals surface area contributed by atoms with Crippen LogP contribution >= 0.6 is 11.6 Å². The summed E-state index contributed by atoms with van der Waals surface area (Å²) in [7, 11) is 0. The standard InChI is InChI=1S/C16H22ClNO/c1-12-4-5-14(17)15(10-12)18-13-6-9-19-16(11-13)7-2-3-8-16/h4-5,10,13,18H,2-3,6-9,11H2,1H3. The number of aryl methyl sites for hydroxylation is 1. The van der Waals surface area contributed by atoms with E-state index in [2.05, 4.69) is 24.4 Å². The smallest absolute Gasteiger partial charge is 0.0702 e. The lowest BCUT2D eigenvalue weighted by molar-refractivity contribution is -0.0767. The van der Waals surface area contributed by atoms with Gasteiger partial charge in [-0.1, -0.05) is 30.5 Å². The number of ether oxygens (including phenoxy) is 1. The largest absolute Gasteiger partial charge is 0.381 e. The number of hydrogen-bond acceptors (Lipinski definition) is 2. The minimum absolute atomic E-state index is 0.159. The summed E-state index contributed by atoms with van der Waals surface area (Å²) in [6.45, 7) is 2.98. The first-order chi connectivity index (χ1) is 9.17. The molecule has 2 fully saturated rings. The van der Waals surface area contributed by atoms with Crippen molar-refractivity contribution in [3.8, 4) is 0 Å². The molecule has 0 bridgehead atoms. The van der Waals surface area contributed by atoms with Crippen LogP contribution in [0.1, 0.15) is 44.1 Å². The first-order valence-electron chi connectivity index (χ1n) is 7.34. The Morgan fingerprint density at radius 1 is 1.32 bits per heavy atom. The molecule has 1 heterocycles. The number of anilines is 1. The summed E-state index contributed by atoms with van der Waals surface area (Å²) < 4.78 is 6.08. The zero-order valence-corrected chi connectivity index (χ0v) is 12.3. The van der Waals surface area contributed by atoms with Crippen molar-refractivity contribution in [1.82, 2.24) is 0 Å². The van der Waals surface area contributed by atoms with Gasteiger partial charge in [0.25, 0.3) is 0 Å². The fourth-order valence-corrected chi connectivity index (χ4v) is 3.66. The molecule has 2 nitrogen and oxygen atoms in total. The van der Waals surface area contributed by atoms with Gasteiger partial charge in [-0.2, -0.15) is 0 Å². The Morgan fingerprint density at radius 3 is 2.89 bits per heavy atom. The molecule has 3 rings (SSSR count). The third kappa shape index (κ3) is 2.90.